The van der Waals surface area contributed by atoms with Gasteiger partial charge in [-0.3, -0.25) is 20.6 Å². The zero-order valence-corrected chi connectivity index (χ0v) is 14.5. The zero-order valence-electron chi connectivity index (χ0n) is 13.0. The number of nitrogens with zero attached hydrogens (tertiary/aromatic N) is 1. The van der Waals surface area contributed by atoms with E-state index in [1.807, 2.05) is 0 Å². The number of halogens is 2. The van der Waals surface area contributed by atoms with Crippen LogP contribution in [0.1, 0.15) is 24.3 Å². The van der Waals surface area contributed by atoms with Crippen LogP contribution in [-0.4, -0.2) is 36.6 Å². The minimum atomic E-state index is -0.306. The Balaban J connectivity index is 2.06. The van der Waals surface area contributed by atoms with E-state index in [2.05, 4.69) is 22.4 Å². The monoisotopic (exact) mass is 371 g/mol. The second-order valence-electron chi connectivity index (χ2n) is 5.21. The largest absolute Gasteiger partial charge is 0.489 e. The van der Waals surface area contributed by atoms with Crippen LogP contribution in [0.4, 0.5) is 0 Å². The number of carbonyl (C=O) groups excluding carboxylic acids is 1. The summed E-state index contributed by atoms with van der Waals surface area (Å²) in [7, 11) is 0. The number of hydrogen-bond acceptors (Lipinski definition) is 5. The number of benzene rings is 1. The van der Waals surface area contributed by atoms with Crippen LogP contribution < -0.4 is 15.6 Å². The van der Waals surface area contributed by atoms with Gasteiger partial charge in [0.05, 0.1) is 23.1 Å². The van der Waals surface area contributed by atoms with Gasteiger partial charge in [0, 0.05) is 24.4 Å². The summed E-state index contributed by atoms with van der Waals surface area (Å²) < 4.78 is 5.67. The lowest BCUT2D eigenvalue weighted by molar-refractivity contribution is -0.122. The molecule has 6 nitrogen and oxygen atoms in total. The van der Waals surface area contributed by atoms with Crippen LogP contribution in [-0.2, 0) is 4.79 Å². The molecular formula is C16H19Cl2N3O3. The second kappa shape index (κ2) is 8.92. The highest BCUT2D eigenvalue weighted by Crippen LogP contribution is 2.41. The third-order valence-electron chi connectivity index (χ3n) is 3.48. The highest BCUT2D eigenvalue weighted by atomic mass is 35.5. The van der Waals surface area contributed by atoms with E-state index < -0.39 is 0 Å². The fraction of sp³-hybridized carbons (Fsp3) is 0.375. The van der Waals surface area contributed by atoms with Gasteiger partial charge in [-0.05, 0) is 12.1 Å². The van der Waals surface area contributed by atoms with Crippen LogP contribution in [0, 0.1) is 0 Å². The first kappa shape index (κ1) is 18.6. The van der Waals surface area contributed by atoms with Gasteiger partial charge < -0.3 is 9.84 Å². The molecule has 2 rings (SSSR count). The lowest BCUT2D eigenvalue weighted by atomic mass is 9.96. The van der Waals surface area contributed by atoms with E-state index in [1.54, 1.807) is 18.2 Å². The van der Waals surface area contributed by atoms with Crippen molar-refractivity contribution in [2.75, 3.05) is 19.8 Å². The number of amidine groups is 1. The lowest BCUT2D eigenvalue weighted by Gasteiger charge is -2.18. The fourth-order valence-corrected chi connectivity index (χ4v) is 2.85. The van der Waals surface area contributed by atoms with Gasteiger partial charge in [0.25, 0.3) is 0 Å². The van der Waals surface area contributed by atoms with Crippen LogP contribution in [0.5, 0.6) is 5.75 Å². The molecule has 0 saturated carbocycles. The van der Waals surface area contributed by atoms with Crippen molar-refractivity contribution < 1.29 is 14.6 Å². The molecule has 1 aromatic carbocycles. The Morgan fingerprint density at radius 3 is 3.00 bits per heavy atom. The fourth-order valence-electron chi connectivity index (χ4n) is 2.38. The molecule has 1 aliphatic rings. The number of aliphatic hydroxyl groups excluding tert-OH is 1. The molecule has 1 atom stereocenters. The standard InChI is InChI=1S/C16H19Cl2N3O3/c1-2-7-24-12-4-3-11(17)16(18)15(12)10-8-13(19-9-10)20-21-14(23)5-6-22/h2-4,10,22H,1,5-9H2,(H,19,20)(H,21,23)/t10-/m1/s1. The van der Waals surface area contributed by atoms with Gasteiger partial charge in [-0.2, -0.15) is 0 Å². The Bertz CT molecular complexity index is 650. The smallest absolute Gasteiger partial charge is 0.240 e. The minimum absolute atomic E-state index is 0.00624. The van der Waals surface area contributed by atoms with Crippen molar-refractivity contribution in [2.24, 2.45) is 4.99 Å². The average molecular weight is 372 g/mol. The third kappa shape index (κ3) is 4.63. The summed E-state index contributed by atoms with van der Waals surface area (Å²) in [6.45, 7) is 4.30. The van der Waals surface area contributed by atoms with Gasteiger partial charge in [0.1, 0.15) is 18.2 Å². The number of aliphatic imine (C=N–C) groups is 1. The molecule has 24 heavy (non-hydrogen) atoms. The number of rotatable bonds is 6. The Labute approximate surface area is 150 Å². The van der Waals surface area contributed by atoms with Gasteiger partial charge in [0.15, 0.2) is 0 Å². The number of hydrogen-bond donors (Lipinski definition) is 3. The molecule has 8 heteroatoms. The van der Waals surface area contributed by atoms with Crippen molar-refractivity contribution in [3.63, 3.8) is 0 Å². The maximum absolute atomic E-state index is 11.4. The third-order valence-corrected chi connectivity index (χ3v) is 4.30. The quantitative estimate of drug-likeness (QED) is 0.529. The summed E-state index contributed by atoms with van der Waals surface area (Å²) in [4.78, 5) is 15.7. The van der Waals surface area contributed by atoms with Gasteiger partial charge in [0.2, 0.25) is 5.91 Å². The van der Waals surface area contributed by atoms with Crippen molar-refractivity contribution in [2.45, 2.75) is 18.8 Å². The average Bonchev–Trinajstić information content (AvgIpc) is 3.03. The van der Waals surface area contributed by atoms with E-state index in [4.69, 9.17) is 33.0 Å². The molecule has 0 aromatic heterocycles. The molecule has 1 heterocycles. The number of nitrogens with one attached hydrogen (secondary N) is 2. The number of carbonyl (C=O) groups is 1. The predicted molar refractivity (Wildman–Crippen MR) is 94.8 cm³/mol. The summed E-state index contributed by atoms with van der Waals surface area (Å²) in [6.07, 6.45) is 2.24. The molecule has 1 amide bonds. The van der Waals surface area contributed by atoms with Crippen LogP contribution in [0.15, 0.2) is 29.8 Å². The maximum Gasteiger partial charge on any atom is 0.240 e. The molecule has 3 N–H and O–H groups in total. The van der Waals surface area contributed by atoms with Crippen molar-refractivity contribution in [3.8, 4) is 5.75 Å². The van der Waals surface area contributed by atoms with Gasteiger partial charge in [-0.25, -0.2) is 0 Å². The molecule has 0 fully saturated rings. The van der Waals surface area contributed by atoms with Crippen LogP contribution in [0.2, 0.25) is 10.0 Å². The molecule has 1 aromatic rings. The first-order valence-electron chi connectivity index (χ1n) is 7.47. The summed E-state index contributed by atoms with van der Waals surface area (Å²) in [5.41, 5.74) is 6.06. The molecule has 0 aliphatic carbocycles. The molecule has 130 valence electrons. The number of amides is 1. The van der Waals surface area contributed by atoms with Crippen molar-refractivity contribution >= 4 is 34.9 Å². The number of hydrazine groups is 1. The van der Waals surface area contributed by atoms with Crippen molar-refractivity contribution in [3.05, 3.63) is 40.4 Å². The highest BCUT2D eigenvalue weighted by Gasteiger charge is 2.27. The minimum Gasteiger partial charge on any atom is -0.489 e. The van der Waals surface area contributed by atoms with E-state index >= 15 is 0 Å². The molecule has 0 radical (unpaired) electrons. The molecule has 0 saturated heterocycles. The summed E-state index contributed by atoms with van der Waals surface area (Å²) in [5, 5.41) is 9.61. The second-order valence-corrected chi connectivity index (χ2v) is 5.99. The summed E-state index contributed by atoms with van der Waals surface area (Å²) >= 11 is 12.5. The predicted octanol–water partition coefficient (Wildman–Crippen LogP) is 2.45. The van der Waals surface area contributed by atoms with E-state index in [1.165, 1.54) is 0 Å². The molecular weight excluding hydrogens is 353 g/mol. The van der Waals surface area contributed by atoms with Crippen LogP contribution >= 0.6 is 23.2 Å². The van der Waals surface area contributed by atoms with Crippen molar-refractivity contribution in [1.29, 1.82) is 0 Å². The Morgan fingerprint density at radius 1 is 1.50 bits per heavy atom. The molecule has 0 spiro atoms. The molecule has 1 aliphatic heterocycles. The Kier molecular flexibility index (Phi) is 6.90. The van der Waals surface area contributed by atoms with Crippen LogP contribution in [0.25, 0.3) is 0 Å². The maximum atomic E-state index is 11.4. The summed E-state index contributed by atoms with van der Waals surface area (Å²) in [5.74, 6) is 0.972. The zero-order chi connectivity index (χ0) is 17.5. The van der Waals surface area contributed by atoms with Crippen LogP contribution in [0.3, 0.4) is 0 Å². The molecule has 0 bridgehead atoms. The first-order valence-corrected chi connectivity index (χ1v) is 8.23. The van der Waals surface area contributed by atoms with Gasteiger partial charge in [-0.1, -0.05) is 35.9 Å². The van der Waals surface area contributed by atoms with E-state index in [-0.39, 0.29) is 24.9 Å². The van der Waals surface area contributed by atoms with E-state index in [0.717, 1.165) is 5.56 Å². The summed E-state index contributed by atoms with van der Waals surface area (Å²) in [6, 6.07) is 3.47. The Morgan fingerprint density at radius 2 is 2.29 bits per heavy atom. The SMILES string of the molecule is C=CCOc1ccc(Cl)c(Cl)c1[C@H]1CN=C(NNC(=O)CCO)C1. The normalized spacial score (nSPS) is 16.5. The Hall–Kier alpha value is -1.76. The first-order chi connectivity index (χ1) is 11.6. The molecule has 0 unspecified atom stereocenters. The topological polar surface area (TPSA) is 83.0 Å². The van der Waals surface area contributed by atoms with E-state index in [9.17, 15) is 4.79 Å². The lowest BCUT2D eigenvalue weighted by Crippen LogP contribution is -2.41. The van der Waals surface area contributed by atoms with Gasteiger partial charge >= 0.3 is 0 Å². The number of ether oxygens (including phenoxy) is 1. The van der Waals surface area contributed by atoms with Gasteiger partial charge in [-0.15, -0.1) is 0 Å². The highest BCUT2D eigenvalue weighted by molar-refractivity contribution is 6.42. The van der Waals surface area contributed by atoms with Crippen molar-refractivity contribution in [1.82, 2.24) is 10.9 Å². The van der Waals surface area contributed by atoms with E-state index in [0.29, 0.717) is 41.2 Å². The number of aliphatic hydroxyl groups is 1.